The SMILES string of the molecule is CC1(C)Oc2ccc(C(F)(F)F)cc2[C@@H](n2cc(CO[N+](=O)[O-])c(CO[N+](=O)[O-])cc2=O)[C@@H]1O. The molecule has 0 unspecified atom stereocenters. The normalized spacial score (nSPS) is 19.0. The lowest BCUT2D eigenvalue weighted by Crippen LogP contribution is -2.52. The summed E-state index contributed by atoms with van der Waals surface area (Å²) in [5.74, 6) is -0.0101. The second kappa shape index (κ2) is 8.81. The fourth-order valence-electron chi connectivity index (χ4n) is 3.60. The number of alkyl halides is 3. The first-order valence-electron chi connectivity index (χ1n) is 9.57. The van der Waals surface area contributed by atoms with Gasteiger partial charge in [0.15, 0.2) is 0 Å². The predicted octanol–water partition coefficient (Wildman–Crippen LogP) is 2.41. The number of hydrogen-bond acceptors (Lipinski definition) is 9. The molecule has 2 atom stereocenters. The summed E-state index contributed by atoms with van der Waals surface area (Å²) < 4.78 is 46.5. The smallest absolute Gasteiger partial charge is 0.416 e. The number of ether oxygens (including phenoxy) is 1. The fourth-order valence-corrected chi connectivity index (χ4v) is 3.60. The number of aromatic nitrogens is 1. The van der Waals surface area contributed by atoms with Crippen LogP contribution in [-0.2, 0) is 29.1 Å². The van der Waals surface area contributed by atoms with Gasteiger partial charge in [0.1, 0.15) is 30.7 Å². The summed E-state index contributed by atoms with van der Waals surface area (Å²) >= 11 is 0. The lowest BCUT2D eigenvalue weighted by atomic mass is 9.85. The molecule has 0 fully saturated rings. The number of hydrogen-bond donors (Lipinski definition) is 1. The van der Waals surface area contributed by atoms with Crippen molar-refractivity contribution in [3.8, 4) is 5.75 Å². The van der Waals surface area contributed by atoms with Crippen LogP contribution in [0.25, 0.3) is 0 Å². The summed E-state index contributed by atoms with van der Waals surface area (Å²) in [5.41, 5.74) is -3.63. The Morgan fingerprint density at radius 1 is 1.12 bits per heavy atom. The van der Waals surface area contributed by atoms with E-state index in [4.69, 9.17) is 4.74 Å². The lowest BCUT2D eigenvalue weighted by Gasteiger charge is -2.43. The molecule has 1 aliphatic heterocycles. The average Bonchev–Trinajstić information content (AvgIpc) is 2.71. The van der Waals surface area contributed by atoms with E-state index >= 15 is 0 Å². The number of benzene rings is 1. The van der Waals surface area contributed by atoms with Gasteiger partial charge in [-0.25, -0.2) is 0 Å². The highest BCUT2D eigenvalue weighted by Crippen LogP contribution is 2.44. The minimum atomic E-state index is -4.73. The third kappa shape index (κ3) is 5.03. The number of aliphatic hydroxyl groups is 1. The van der Waals surface area contributed by atoms with Gasteiger partial charge in [-0.3, -0.25) is 4.79 Å². The molecular weight excluding hydrogens is 471 g/mol. The van der Waals surface area contributed by atoms with Gasteiger partial charge in [-0.1, -0.05) is 0 Å². The van der Waals surface area contributed by atoms with Gasteiger partial charge in [-0.05, 0) is 43.2 Å². The molecule has 12 nitrogen and oxygen atoms in total. The summed E-state index contributed by atoms with van der Waals surface area (Å²) in [6, 6.07) is 2.07. The van der Waals surface area contributed by atoms with Gasteiger partial charge in [-0.2, -0.15) is 13.2 Å². The summed E-state index contributed by atoms with van der Waals surface area (Å²) in [5, 5.41) is 29.9. The Morgan fingerprint density at radius 2 is 1.71 bits per heavy atom. The molecule has 2 aromatic rings. The number of pyridine rings is 1. The van der Waals surface area contributed by atoms with Crippen molar-refractivity contribution in [3.05, 3.63) is 83.3 Å². The Bertz CT molecular complexity index is 1180. The van der Waals surface area contributed by atoms with Crippen molar-refractivity contribution in [3.63, 3.8) is 0 Å². The maximum atomic E-state index is 13.3. The van der Waals surface area contributed by atoms with Crippen LogP contribution in [0.15, 0.2) is 35.3 Å². The average molecular weight is 489 g/mol. The molecule has 0 spiro atoms. The van der Waals surface area contributed by atoms with Crippen LogP contribution in [-0.4, -0.2) is 31.6 Å². The van der Waals surface area contributed by atoms with E-state index in [1.807, 2.05) is 0 Å². The number of halogens is 3. The first kappa shape index (κ1) is 24.8. The minimum Gasteiger partial charge on any atom is -0.485 e. The third-order valence-electron chi connectivity index (χ3n) is 5.25. The van der Waals surface area contributed by atoms with Crippen molar-refractivity contribution in [2.24, 2.45) is 0 Å². The van der Waals surface area contributed by atoms with Crippen LogP contribution in [0.1, 0.15) is 42.1 Å². The molecule has 34 heavy (non-hydrogen) atoms. The van der Waals surface area contributed by atoms with Crippen LogP contribution in [0.5, 0.6) is 5.75 Å². The van der Waals surface area contributed by atoms with E-state index in [1.165, 1.54) is 13.8 Å². The van der Waals surface area contributed by atoms with E-state index in [9.17, 15) is 43.3 Å². The number of nitrogens with zero attached hydrogens (tertiary/aromatic N) is 3. The molecule has 184 valence electrons. The number of fused-ring (bicyclic) bond motifs is 1. The topological polar surface area (TPSA) is 156 Å². The van der Waals surface area contributed by atoms with Crippen LogP contribution >= 0.6 is 0 Å². The Balaban J connectivity index is 2.20. The highest BCUT2D eigenvalue weighted by atomic mass is 19.4. The molecule has 0 radical (unpaired) electrons. The fraction of sp³-hybridized carbons (Fsp3) is 0.421. The Morgan fingerprint density at radius 3 is 2.26 bits per heavy atom. The Hall–Kier alpha value is -3.88. The molecule has 0 saturated heterocycles. The molecule has 15 heteroatoms. The van der Waals surface area contributed by atoms with Crippen LogP contribution in [0.3, 0.4) is 0 Å². The molecular formula is C19H18F3N3O9. The van der Waals surface area contributed by atoms with Crippen molar-refractivity contribution in [1.82, 2.24) is 4.57 Å². The van der Waals surface area contributed by atoms with Gasteiger partial charge >= 0.3 is 6.18 Å². The Labute approximate surface area is 188 Å². The zero-order valence-electron chi connectivity index (χ0n) is 17.6. The second-order valence-corrected chi connectivity index (χ2v) is 7.91. The molecule has 1 aromatic carbocycles. The summed E-state index contributed by atoms with van der Waals surface area (Å²) in [4.78, 5) is 42.6. The predicted molar refractivity (Wildman–Crippen MR) is 105 cm³/mol. The maximum absolute atomic E-state index is 13.3. The summed E-state index contributed by atoms with van der Waals surface area (Å²) in [6.45, 7) is 1.44. The van der Waals surface area contributed by atoms with Gasteiger partial charge in [0.05, 0.1) is 11.6 Å². The van der Waals surface area contributed by atoms with E-state index in [2.05, 4.69) is 9.68 Å². The van der Waals surface area contributed by atoms with E-state index in [0.717, 1.165) is 35.0 Å². The van der Waals surface area contributed by atoms with Crippen molar-refractivity contribution in [2.45, 2.75) is 51.0 Å². The summed E-state index contributed by atoms with van der Waals surface area (Å²) in [7, 11) is 0. The highest BCUT2D eigenvalue weighted by molar-refractivity contribution is 5.44. The van der Waals surface area contributed by atoms with E-state index in [0.29, 0.717) is 0 Å². The van der Waals surface area contributed by atoms with Crippen LogP contribution in [0.2, 0.25) is 0 Å². The molecule has 0 amide bonds. The van der Waals surface area contributed by atoms with Crippen molar-refractivity contribution < 1.29 is 42.9 Å². The summed E-state index contributed by atoms with van der Waals surface area (Å²) in [6.07, 6.45) is -5.24. The first-order chi connectivity index (χ1) is 15.7. The monoisotopic (exact) mass is 489 g/mol. The number of rotatable bonds is 7. The Kier molecular flexibility index (Phi) is 6.42. The van der Waals surface area contributed by atoms with Crippen molar-refractivity contribution in [2.75, 3.05) is 0 Å². The van der Waals surface area contributed by atoms with Gasteiger partial charge in [-0.15, -0.1) is 20.2 Å². The lowest BCUT2D eigenvalue weighted by molar-refractivity contribution is -0.764. The molecule has 0 saturated carbocycles. The van der Waals surface area contributed by atoms with E-state index in [-0.39, 0.29) is 22.4 Å². The van der Waals surface area contributed by atoms with Crippen LogP contribution in [0, 0.1) is 20.2 Å². The minimum absolute atomic E-state index is 0.0101. The van der Waals surface area contributed by atoms with Crippen LogP contribution in [0.4, 0.5) is 13.2 Å². The van der Waals surface area contributed by atoms with Gasteiger partial charge in [0.2, 0.25) is 0 Å². The quantitative estimate of drug-likeness (QED) is 0.456. The third-order valence-corrected chi connectivity index (χ3v) is 5.25. The zero-order chi connectivity index (χ0) is 25.4. The molecule has 1 aliphatic rings. The van der Waals surface area contributed by atoms with Crippen molar-refractivity contribution >= 4 is 0 Å². The maximum Gasteiger partial charge on any atom is 0.416 e. The molecule has 2 heterocycles. The molecule has 1 aromatic heterocycles. The van der Waals surface area contributed by atoms with Crippen molar-refractivity contribution in [1.29, 1.82) is 0 Å². The van der Waals surface area contributed by atoms with Gasteiger partial charge < -0.3 is 24.1 Å². The first-order valence-corrected chi connectivity index (χ1v) is 9.57. The molecule has 3 rings (SSSR count). The largest absolute Gasteiger partial charge is 0.485 e. The molecule has 0 aliphatic carbocycles. The molecule has 1 N–H and O–H groups in total. The van der Waals surface area contributed by atoms with Crippen LogP contribution < -0.4 is 10.3 Å². The van der Waals surface area contributed by atoms with Gasteiger partial charge in [0.25, 0.3) is 15.7 Å². The van der Waals surface area contributed by atoms with E-state index in [1.54, 1.807) is 0 Å². The zero-order valence-corrected chi connectivity index (χ0v) is 17.6. The van der Waals surface area contributed by atoms with E-state index < -0.39 is 58.4 Å². The second-order valence-electron chi connectivity index (χ2n) is 7.91. The number of aliphatic hydroxyl groups excluding tert-OH is 1. The van der Waals surface area contributed by atoms with Gasteiger partial charge in [0, 0.05) is 17.8 Å². The molecule has 0 bridgehead atoms. The standard InChI is InChI=1S/C19H18F3N3O9/c1-18(2)17(27)16(13-6-12(19(20,21)22)3-4-14(13)34-18)23-7-11(9-33-25(30)31)10(5-15(23)26)8-32-24(28)29/h3-7,16-17,27H,8-9H2,1-2H3/t16-,17+/m1/s1. The highest BCUT2D eigenvalue weighted by Gasteiger charge is 2.45.